The number of rotatable bonds is 3. The predicted octanol–water partition coefficient (Wildman–Crippen LogP) is 4.88. The van der Waals surface area contributed by atoms with Crippen LogP contribution >= 0.6 is 0 Å². The summed E-state index contributed by atoms with van der Waals surface area (Å²) in [5.41, 5.74) is 3.34. The van der Waals surface area contributed by atoms with Crippen LogP contribution < -0.4 is 9.47 Å². The fourth-order valence-electron chi connectivity index (χ4n) is 4.23. The van der Waals surface area contributed by atoms with Crippen LogP contribution in [-0.2, 0) is 0 Å². The van der Waals surface area contributed by atoms with Crippen molar-refractivity contribution in [3.63, 3.8) is 0 Å². The highest BCUT2D eigenvalue weighted by atomic mass is 16.5. The summed E-state index contributed by atoms with van der Waals surface area (Å²) in [7, 11) is 1.60. The second-order valence-electron chi connectivity index (χ2n) is 7.14. The molecule has 0 aliphatic carbocycles. The van der Waals surface area contributed by atoms with Crippen LogP contribution in [0.3, 0.4) is 0 Å². The number of methoxy groups -OCH3 is 1. The number of nitrogens with one attached hydrogen (secondary N) is 2. The van der Waals surface area contributed by atoms with E-state index in [9.17, 15) is 5.26 Å². The second-order valence-corrected chi connectivity index (χ2v) is 7.14. The average molecular weight is 394 g/mol. The first kappa shape index (κ1) is 18.0. The lowest BCUT2D eigenvalue weighted by molar-refractivity contribution is 0.396. The Morgan fingerprint density at radius 1 is 1.07 bits per heavy atom. The van der Waals surface area contributed by atoms with E-state index >= 15 is 0 Å². The number of benzene rings is 3. The van der Waals surface area contributed by atoms with Gasteiger partial charge in [0.1, 0.15) is 11.7 Å². The molecule has 0 saturated carbocycles. The van der Waals surface area contributed by atoms with Crippen molar-refractivity contribution in [2.75, 3.05) is 7.11 Å². The Bertz CT molecular complexity index is 1310. The molecule has 2 unspecified atom stereocenters. The van der Waals surface area contributed by atoms with Gasteiger partial charge in [0, 0.05) is 17.0 Å². The highest BCUT2D eigenvalue weighted by Gasteiger charge is 2.42. The van der Waals surface area contributed by atoms with Crippen LogP contribution in [0, 0.1) is 22.7 Å². The molecule has 2 heterocycles. The number of hydrogen-bond donors (Lipinski definition) is 2. The molecule has 6 heteroatoms. The van der Waals surface area contributed by atoms with Gasteiger partial charge in [-0.15, -0.1) is 5.10 Å². The van der Waals surface area contributed by atoms with Crippen LogP contribution in [0.15, 0.2) is 66.7 Å². The molecular formula is C24H18N4O2. The van der Waals surface area contributed by atoms with Gasteiger partial charge in [0.2, 0.25) is 11.8 Å². The van der Waals surface area contributed by atoms with Crippen LogP contribution in [0.5, 0.6) is 11.6 Å². The first-order valence-corrected chi connectivity index (χ1v) is 9.58. The maximum absolute atomic E-state index is 9.91. The van der Waals surface area contributed by atoms with Crippen molar-refractivity contribution in [2.24, 2.45) is 5.92 Å². The van der Waals surface area contributed by atoms with Crippen LogP contribution in [0.4, 0.5) is 0 Å². The lowest BCUT2D eigenvalue weighted by Gasteiger charge is -2.29. The zero-order chi connectivity index (χ0) is 20.7. The predicted molar refractivity (Wildman–Crippen MR) is 114 cm³/mol. The number of nitrogens with zero attached hydrogens (tertiary/aromatic N) is 2. The van der Waals surface area contributed by atoms with Crippen molar-refractivity contribution in [3.8, 4) is 29.0 Å². The first-order valence-electron chi connectivity index (χ1n) is 9.58. The van der Waals surface area contributed by atoms with Crippen LogP contribution in [0.2, 0.25) is 0 Å². The SMILES string of the molecule is COc1ccccc1C1c2c(n[nH]c2-c2cccc3ccccc23)OC(=N)C1C#N. The number of nitriles is 1. The Morgan fingerprint density at radius 2 is 1.83 bits per heavy atom. The third-order valence-electron chi connectivity index (χ3n) is 5.57. The molecule has 0 fully saturated rings. The smallest absolute Gasteiger partial charge is 0.244 e. The van der Waals surface area contributed by atoms with E-state index in [1.807, 2.05) is 48.5 Å². The molecule has 0 amide bonds. The van der Waals surface area contributed by atoms with E-state index in [-0.39, 0.29) is 5.90 Å². The number of ether oxygens (including phenoxy) is 2. The molecule has 2 atom stereocenters. The number of para-hydroxylation sites is 1. The Hall–Kier alpha value is -4.11. The van der Waals surface area contributed by atoms with E-state index in [1.54, 1.807) is 7.11 Å². The van der Waals surface area contributed by atoms with Crippen molar-refractivity contribution in [1.29, 1.82) is 10.7 Å². The van der Waals surface area contributed by atoms with Crippen molar-refractivity contribution >= 4 is 16.7 Å². The molecule has 0 spiro atoms. The minimum Gasteiger partial charge on any atom is -0.496 e. The Morgan fingerprint density at radius 3 is 2.67 bits per heavy atom. The molecule has 6 nitrogen and oxygen atoms in total. The molecule has 0 radical (unpaired) electrons. The van der Waals surface area contributed by atoms with Gasteiger partial charge >= 0.3 is 0 Å². The monoisotopic (exact) mass is 394 g/mol. The minimum absolute atomic E-state index is 0.114. The van der Waals surface area contributed by atoms with Gasteiger partial charge in [-0.3, -0.25) is 10.5 Å². The van der Waals surface area contributed by atoms with Crippen LogP contribution in [-0.4, -0.2) is 23.2 Å². The summed E-state index contributed by atoms with van der Waals surface area (Å²) < 4.78 is 11.2. The van der Waals surface area contributed by atoms with Crippen molar-refractivity contribution in [1.82, 2.24) is 10.2 Å². The molecular weight excluding hydrogens is 376 g/mol. The van der Waals surface area contributed by atoms with Crippen LogP contribution in [0.1, 0.15) is 17.0 Å². The molecule has 1 aliphatic rings. The van der Waals surface area contributed by atoms with E-state index < -0.39 is 11.8 Å². The molecule has 30 heavy (non-hydrogen) atoms. The first-order chi connectivity index (χ1) is 14.7. The lowest BCUT2D eigenvalue weighted by Crippen LogP contribution is -2.31. The fourth-order valence-corrected chi connectivity index (χ4v) is 4.23. The van der Waals surface area contributed by atoms with Crippen LogP contribution in [0.25, 0.3) is 22.0 Å². The topological polar surface area (TPSA) is 94.8 Å². The van der Waals surface area contributed by atoms with Crippen molar-refractivity contribution in [3.05, 3.63) is 77.9 Å². The quantitative estimate of drug-likeness (QED) is 0.518. The summed E-state index contributed by atoms with van der Waals surface area (Å²) in [6, 6.07) is 24.0. The lowest BCUT2D eigenvalue weighted by atomic mass is 9.78. The summed E-state index contributed by atoms with van der Waals surface area (Å²) >= 11 is 0. The standard InChI is InChI=1S/C24H18N4O2/c1-29-19-12-5-4-10-17(19)20-18(13-25)23(26)30-24-21(20)22(27-28-24)16-11-6-8-14-7-2-3-9-15(14)16/h2-12,18,20,26H,1H3,(H,27,28). The van der Waals surface area contributed by atoms with Gasteiger partial charge in [0.05, 0.1) is 24.4 Å². The number of H-pyrrole nitrogens is 1. The summed E-state index contributed by atoms with van der Waals surface area (Å²) in [5.74, 6) is -0.370. The van der Waals surface area contributed by atoms with E-state index in [0.29, 0.717) is 11.6 Å². The fraction of sp³-hybridized carbons (Fsp3) is 0.125. The molecule has 0 bridgehead atoms. The molecule has 1 aromatic heterocycles. The zero-order valence-corrected chi connectivity index (χ0v) is 16.2. The zero-order valence-electron chi connectivity index (χ0n) is 16.2. The van der Waals surface area contributed by atoms with E-state index in [2.05, 4.69) is 34.5 Å². The largest absolute Gasteiger partial charge is 0.496 e. The molecule has 146 valence electrons. The van der Waals surface area contributed by atoms with Gasteiger partial charge in [-0.25, -0.2) is 0 Å². The maximum Gasteiger partial charge on any atom is 0.244 e. The highest BCUT2D eigenvalue weighted by molar-refractivity contribution is 5.97. The highest BCUT2D eigenvalue weighted by Crippen LogP contribution is 2.48. The average Bonchev–Trinajstić information content (AvgIpc) is 3.20. The van der Waals surface area contributed by atoms with Crippen molar-refractivity contribution in [2.45, 2.75) is 5.92 Å². The van der Waals surface area contributed by atoms with Gasteiger partial charge in [-0.1, -0.05) is 60.7 Å². The Kier molecular flexibility index (Phi) is 4.22. The molecule has 5 rings (SSSR count). The van der Waals surface area contributed by atoms with E-state index in [4.69, 9.17) is 14.9 Å². The Balaban J connectivity index is 1.80. The molecule has 4 aromatic rings. The Labute approximate surface area is 173 Å². The number of hydrogen-bond acceptors (Lipinski definition) is 5. The number of fused-ring (bicyclic) bond motifs is 2. The second kappa shape index (κ2) is 7.05. The van der Waals surface area contributed by atoms with E-state index in [1.165, 1.54) is 0 Å². The molecule has 1 aliphatic heterocycles. The maximum atomic E-state index is 9.91. The van der Waals surface area contributed by atoms with E-state index in [0.717, 1.165) is 33.2 Å². The number of aromatic amines is 1. The third kappa shape index (κ3) is 2.64. The third-order valence-corrected chi connectivity index (χ3v) is 5.57. The number of aromatic nitrogens is 2. The van der Waals surface area contributed by atoms with Gasteiger partial charge in [0.15, 0.2) is 0 Å². The molecule has 2 N–H and O–H groups in total. The minimum atomic E-state index is -0.792. The molecule has 0 saturated heterocycles. The molecule has 3 aromatic carbocycles. The van der Waals surface area contributed by atoms with Gasteiger partial charge in [-0.2, -0.15) is 5.26 Å². The van der Waals surface area contributed by atoms with Gasteiger partial charge in [0.25, 0.3) is 0 Å². The summed E-state index contributed by atoms with van der Waals surface area (Å²) in [5, 5.41) is 27.8. The van der Waals surface area contributed by atoms with Gasteiger partial charge < -0.3 is 9.47 Å². The van der Waals surface area contributed by atoms with Crippen molar-refractivity contribution < 1.29 is 9.47 Å². The summed E-state index contributed by atoms with van der Waals surface area (Å²) in [4.78, 5) is 0. The summed E-state index contributed by atoms with van der Waals surface area (Å²) in [6.45, 7) is 0. The summed E-state index contributed by atoms with van der Waals surface area (Å²) in [6.07, 6.45) is 0. The van der Waals surface area contributed by atoms with Gasteiger partial charge in [-0.05, 0) is 16.8 Å². The normalized spacial score (nSPS) is 17.8.